The first-order chi connectivity index (χ1) is 13.4. The molecule has 0 unspecified atom stereocenters. The highest BCUT2D eigenvalue weighted by Crippen LogP contribution is 2.29. The first kappa shape index (κ1) is 19.6. The number of aryl methyl sites for hydroxylation is 1. The summed E-state index contributed by atoms with van der Waals surface area (Å²) in [6.45, 7) is 4.22. The van der Waals surface area contributed by atoms with Gasteiger partial charge < -0.3 is 9.84 Å². The Labute approximate surface area is 168 Å². The molecule has 3 rings (SSSR count). The normalized spacial score (nSPS) is 15.7. The second-order valence-electron chi connectivity index (χ2n) is 6.14. The zero-order valence-corrected chi connectivity index (χ0v) is 16.4. The second-order valence-corrected chi connectivity index (χ2v) is 6.52. The molecular weight excluding hydrogens is 376 g/mol. The Balaban J connectivity index is 1.97. The van der Waals surface area contributed by atoms with Crippen molar-refractivity contribution in [3.63, 3.8) is 0 Å². The van der Waals surface area contributed by atoms with E-state index < -0.39 is 11.8 Å². The van der Waals surface area contributed by atoms with Crippen LogP contribution < -0.4 is 15.0 Å². The molecule has 2 aromatic rings. The summed E-state index contributed by atoms with van der Waals surface area (Å²) in [5.41, 5.74) is 2.21. The summed E-state index contributed by atoms with van der Waals surface area (Å²) in [6, 6.07) is 12.0. The number of benzene rings is 2. The Bertz CT molecular complexity index is 967. The van der Waals surface area contributed by atoms with Crippen molar-refractivity contribution in [1.82, 2.24) is 5.32 Å². The lowest BCUT2D eigenvalue weighted by molar-refractivity contribution is -0.122. The molecule has 0 radical (unpaired) electrons. The molecule has 1 aliphatic rings. The first-order valence-electron chi connectivity index (χ1n) is 8.90. The zero-order chi connectivity index (χ0) is 20.3. The molecule has 1 heterocycles. The number of carbonyl (C=O) groups is 2. The number of thiocarbonyl (C=S) groups is 1. The van der Waals surface area contributed by atoms with E-state index in [0.29, 0.717) is 17.9 Å². The third-order valence-corrected chi connectivity index (χ3v) is 4.58. The Morgan fingerprint density at radius 3 is 2.50 bits per heavy atom. The van der Waals surface area contributed by atoms with Gasteiger partial charge in [0.15, 0.2) is 16.6 Å². The predicted molar refractivity (Wildman–Crippen MR) is 111 cm³/mol. The fourth-order valence-electron chi connectivity index (χ4n) is 2.83. The van der Waals surface area contributed by atoms with E-state index in [1.54, 1.807) is 31.2 Å². The molecule has 1 fully saturated rings. The smallest absolute Gasteiger partial charge is 0.270 e. The van der Waals surface area contributed by atoms with E-state index in [4.69, 9.17) is 17.0 Å². The average Bonchev–Trinajstić information content (AvgIpc) is 2.68. The molecule has 0 aliphatic carbocycles. The van der Waals surface area contributed by atoms with Gasteiger partial charge in [0.25, 0.3) is 11.8 Å². The largest absolute Gasteiger partial charge is 0.504 e. The summed E-state index contributed by atoms with van der Waals surface area (Å²) in [5, 5.41) is 12.4. The number of anilines is 1. The number of phenols is 1. The minimum atomic E-state index is -0.567. The fourth-order valence-corrected chi connectivity index (χ4v) is 3.11. The van der Waals surface area contributed by atoms with Gasteiger partial charge in [-0.2, -0.15) is 0 Å². The van der Waals surface area contributed by atoms with Crippen molar-refractivity contribution in [2.75, 3.05) is 11.5 Å². The standard InChI is InChI=1S/C21H20N2O4S/c1-3-13-5-8-15(9-6-13)23-20(26)16(19(25)22-21(23)28)11-14-7-10-17(24)18(12-14)27-4-2/h5-12,24H,3-4H2,1-2H3,(H,22,25,28)/b16-11+. The maximum absolute atomic E-state index is 13.0. The zero-order valence-electron chi connectivity index (χ0n) is 15.6. The molecule has 0 saturated carbocycles. The Kier molecular flexibility index (Phi) is 5.75. The van der Waals surface area contributed by atoms with Crippen molar-refractivity contribution in [3.05, 3.63) is 59.2 Å². The van der Waals surface area contributed by atoms with E-state index in [2.05, 4.69) is 5.32 Å². The molecule has 2 aromatic carbocycles. The van der Waals surface area contributed by atoms with Gasteiger partial charge in [0.1, 0.15) is 5.57 Å². The quantitative estimate of drug-likeness (QED) is 0.461. The molecular formula is C21H20N2O4S. The SMILES string of the molecule is CCOc1cc(/C=C2\C(=O)NC(=S)N(c3ccc(CC)cc3)C2=O)ccc1O. The van der Waals surface area contributed by atoms with Gasteiger partial charge in [0, 0.05) is 0 Å². The number of hydrogen-bond acceptors (Lipinski definition) is 5. The molecule has 0 atom stereocenters. The predicted octanol–water partition coefficient (Wildman–Crippen LogP) is 3.18. The van der Waals surface area contributed by atoms with Crippen molar-refractivity contribution in [3.8, 4) is 11.5 Å². The van der Waals surface area contributed by atoms with E-state index in [-0.39, 0.29) is 22.2 Å². The minimum absolute atomic E-state index is 0.0118. The van der Waals surface area contributed by atoms with Crippen molar-refractivity contribution < 1.29 is 19.4 Å². The van der Waals surface area contributed by atoms with E-state index >= 15 is 0 Å². The topological polar surface area (TPSA) is 78.9 Å². The van der Waals surface area contributed by atoms with Crippen LogP contribution in [0.2, 0.25) is 0 Å². The number of hydrogen-bond donors (Lipinski definition) is 2. The third kappa shape index (κ3) is 3.89. The molecule has 0 spiro atoms. The molecule has 0 bridgehead atoms. The maximum Gasteiger partial charge on any atom is 0.270 e. The maximum atomic E-state index is 13.0. The van der Waals surface area contributed by atoms with Gasteiger partial charge in [-0.3, -0.25) is 19.8 Å². The second kappa shape index (κ2) is 8.22. The van der Waals surface area contributed by atoms with E-state index in [1.807, 2.05) is 19.1 Å². The summed E-state index contributed by atoms with van der Waals surface area (Å²) in [6.07, 6.45) is 2.33. The van der Waals surface area contributed by atoms with Crippen molar-refractivity contribution in [2.24, 2.45) is 0 Å². The molecule has 2 amide bonds. The van der Waals surface area contributed by atoms with Crippen LogP contribution in [-0.2, 0) is 16.0 Å². The number of ether oxygens (including phenoxy) is 1. The van der Waals surface area contributed by atoms with Crippen LogP contribution in [0.5, 0.6) is 11.5 Å². The van der Waals surface area contributed by atoms with E-state index in [0.717, 1.165) is 12.0 Å². The number of aromatic hydroxyl groups is 1. The van der Waals surface area contributed by atoms with Gasteiger partial charge in [-0.15, -0.1) is 0 Å². The molecule has 6 nitrogen and oxygen atoms in total. The van der Waals surface area contributed by atoms with Gasteiger partial charge in [0.2, 0.25) is 0 Å². The van der Waals surface area contributed by atoms with Crippen molar-refractivity contribution in [2.45, 2.75) is 20.3 Å². The third-order valence-electron chi connectivity index (χ3n) is 4.30. The molecule has 2 N–H and O–H groups in total. The van der Waals surface area contributed by atoms with Crippen LogP contribution in [0.15, 0.2) is 48.0 Å². The summed E-state index contributed by atoms with van der Waals surface area (Å²) in [7, 11) is 0. The van der Waals surface area contributed by atoms with E-state index in [1.165, 1.54) is 17.0 Å². The highest BCUT2D eigenvalue weighted by Gasteiger charge is 2.34. The van der Waals surface area contributed by atoms with Crippen molar-refractivity contribution >= 4 is 40.9 Å². The van der Waals surface area contributed by atoms with Crippen LogP contribution in [0.1, 0.15) is 25.0 Å². The van der Waals surface area contributed by atoms with Crippen LogP contribution in [0.25, 0.3) is 6.08 Å². The summed E-state index contributed by atoms with van der Waals surface area (Å²) >= 11 is 5.21. The Morgan fingerprint density at radius 1 is 1.14 bits per heavy atom. The minimum Gasteiger partial charge on any atom is -0.504 e. The monoisotopic (exact) mass is 396 g/mol. The van der Waals surface area contributed by atoms with Gasteiger partial charge in [-0.1, -0.05) is 25.1 Å². The summed E-state index contributed by atoms with van der Waals surface area (Å²) in [4.78, 5) is 26.7. The Hall–Kier alpha value is -3.19. The highest BCUT2D eigenvalue weighted by molar-refractivity contribution is 7.80. The molecule has 1 aliphatic heterocycles. The van der Waals surface area contributed by atoms with Gasteiger partial charge in [-0.25, -0.2) is 0 Å². The summed E-state index contributed by atoms with van der Waals surface area (Å²) in [5.74, 6) is -0.809. The number of nitrogens with zero attached hydrogens (tertiary/aromatic N) is 1. The highest BCUT2D eigenvalue weighted by atomic mass is 32.1. The molecule has 0 aromatic heterocycles. The number of nitrogens with one attached hydrogen (secondary N) is 1. The fraction of sp³-hybridized carbons (Fsp3) is 0.190. The van der Waals surface area contributed by atoms with E-state index in [9.17, 15) is 14.7 Å². The lowest BCUT2D eigenvalue weighted by Gasteiger charge is -2.29. The van der Waals surface area contributed by atoms with Gasteiger partial charge in [-0.05, 0) is 67.0 Å². The number of amides is 2. The molecule has 1 saturated heterocycles. The lowest BCUT2D eigenvalue weighted by atomic mass is 10.1. The van der Waals surface area contributed by atoms with Crippen molar-refractivity contribution in [1.29, 1.82) is 0 Å². The molecule has 28 heavy (non-hydrogen) atoms. The average molecular weight is 396 g/mol. The van der Waals surface area contributed by atoms with Crippen LogP contribution in [-0.4, -0.2) is 28.6 Å². The summed E-state index contributed by atoms with van der Waals surface area (Å²) < 4.78 is 5.35. The van der Waals surface area contributed by atoms with Crippen LogP contribution in [0.4, 0.5) is 5.69 Å². The number of phenolic OH excluding ortho intramolecular Hbond substituents is 1. The number of rotatable bonds is 5. The van der Waals surface area contributed by atoms with Gasteiger partial charge in [0.05, 0.1) is 12.3 Å². The Morgan fingerprint density at radius 2 is 1.86 bits per heavy atom. The van der Waals surface area contributed by atoms with Crippen LogP contribution in [0, 0.1) is 0 Å². The molecule has 7 heteroatoms. The number of carbonyl (C=O) groups excluding carboxylic acids is 2. The first-order valence-corrected chi connectivity index (χ1v) is 9.31. The van der Waals surface area contributed by atoms with Crippen LogP contribution >= 0.6 is 12.2 Å². The molecule has 144 valence electrons. The lowest BCUT2D eigenvalue weighted by Crippen LogP contribution is -2.54. The van der Waals surface area contributed by atoms with Gasteiger partial charge >= 0.3 is 0 Å². The van der Waals surface area contributed by atoms with Crippen LogP contribution in [0.3, 0.4) is 0 Å².